The van der Waals surface area contributed by atoms with E-state index in [0.29, 0.717) is 24.0 Å². The Morgan fingerprint density at radius 1 is 1.24 bits per heavy atom. The number of methoxy groups -OCH3 is 1. The first-order chi connectivity index (χ1) is 10.0. The maximum Gasteiger partial charge on any atom is 0.239 e. The third kappa shape index (κ3) is 3.79. The van der Waals surface area contributed by atoms with Crippen molar-refractivity contribution in [3.8, 4) is 11.6 Å². The summed E-state index contributed by atoms with van der Waals surface area (Å²) in [7, 11) is 1.62. The van der Waals surface area contributed by atoms with Crippen molar-refractivity contribution >= 4 is 49.1 Å². The second-order valence-corrected chi connectivity index (χ2v) is 5.82. The topological polar surface area (TPSA) is 69.4 Å². The van der Waals surface area contributed by atoms with Crippen LogP contribution in [0, 0.1) is 0 Å². The molecule has 3 N–H and O–H groups in total. The first-order valence-electron chi connectivity index (χ1n) is 6.24. The fourth-order valence-electron chi connectivity index (χ4n) is 1.69. The van der Waals surface area contributed by atoms with Gasteiger partial charge in [-0.15, -0.1) is 0 Å². The molecule has 1 aromatic heterocycles. The standard InChI is InChI=1S/C14H15Br2N3O2/c1-3-21-14-10(17)4-5-13(19-14)18-11-7-12(20-2)9(16)6-8(11)15/h4-7H,3,17H2,1-2H3,(H,18,19). The molecule has 7 heteroatoms. The van der Waals surface area contributed by atoms with Crippen molar-refractivity contribution in [2.24, 2.45) is 0 Å². The van der Waals surface area contributed by atoms with Crippen molar-refractivity contribution < 1.29 is 9.47 Å². The fraction of sp³-hybridized carbons (Fsp3) is 0.214. The Kier molecular flexibility index (Phi) is 5.30. The number of pyridine rings is 1. The first-order valence-corrected chi connectivity index (χ1v) is 7.83. The average molecular weight is 417 g/mol. The summed E-state index contributed by atoms with van der Waals surface area (Å²) in [5.74, 6) is 1.78. The highest BCUT2D eigenvalue weighted by molar-refractivity contribution is 9.11. The van der Waals surface area contributed by atoms with Crippen LogP contribution in [0.25, 0.3) is 0 Å². The fourth-order valence-corrected chi connectivity index (χ4v) is 2.95. The summed E-state index contributed by atoms with van der Waals surface area (Å²) in [6.07, 6.45) is 0. The van der Waals surface area contributed by atoms with Gasteiger partial charge in [-0.3, -0.25) is 0 Å². The summed E-state index contributed by atoms with van der Waals surface area (Å²) in [6, 6.07) is 7.32. The van der Waals surface area contributed by atoms with Crippen LogP contribution in [0.1, 0.15) is 6.92 Å². The molecule has 1 aromatic carbocycles. The van der Waals surface area contributed by atoms with Crippen LogP contribution in [0.2, 0.25) is 0 Å². The van der Waals surface area contributed by atoms with Crippen molar-refractivity contribution in [2.75, 3.05) is 24.8 Å². The van der Waals surface area contributed by atoms with Crippen LogP contribution >= 0.6 is 31.9 Å². The quantitative estimate of drug-likeness (QED) is 0.758. The normalized spacial score (nSPS) is 10.3. The minimum Gasteiger partial charge on any atom is -0.495 e. The second-order valence-electron chi connectivity index (χ2n) is 4.12. The molecule has 21 heavy (non-hydrogen) atoms. The molecular weight excluding hydrogens is 402 g/mol. The predicted octanol–water partition coefficient (Wildman–Crippen LogP) is 4.34. The highest BCUT2D eigenvalue weighted by atomic mass is 79.9. The molecule has 0 aliphatic rings. The van der Waals surface area contributed by atoms with Gasteiger partial charge in [-0.25, -0.2) is 0 Å². The minimum atomic E-state index is 0.419. The van der Waals surface area contributed by atoms with Gasteiger partial charge in [-0.2, -0.15) is 4.98 Å². The summed E-state index contributed by atoms with van der Waals surface area (Å²) in [6.45, 7) is 2.40. The molecule has 0 fully saturated rings. The van der Waals surface area contributed by atoms with Crippen LogP contribution in [0.3, 0.4) is 0 Å². The molecule has 2 aromatic rings. The van der Waals surface area contributed by atoms with E-state index in [2.05, 4.69) is 42.2 Å². The van der Waals surface area contributed by atoms with Gasteiger partial charge < -0.3 is 20.5 Å². The van der Waals surface area contributed by atoms with Crippen LogP contribution in [-0.4, -0.2) is 18.7 Å². The lowest BCUT2D eigenvalue weighted by Gasteiger charge is -2.13. The number of nitrogen functional groups attached to an aromatic ring is 1. The van der Waals surface area contributed by atoms with Crippen molar-refractivity contribution in [3.05, 3.63) is 33.2 Å². The molecule has 0 bridgehead atoms. The smallest absolute Gasteiger partial charge is 0.239 e. The van der Waals surface area contributed by atoms with Gasteiger partial charge in [0.15, 0.2) is 0 Å². The number of aromatic nitrogens is 1. The van der Waals surface area contributed by atoms with E-state index < -0.39 is 0 Å². The van der Waals surface area contributed by atoms with Crippen LogP contribution < -0.4 is 20.5 Å². The molecule has 5 nitrogen and oxygen atoms in total. The summed E-state index contributed by atoms with van der Waals surface area (Å²) < 4.78 is 12.4. The van der Waals surface area contributed by atoms with Gasteiger partial charge >= 0.3 is 0 Å². The van der Waals surface area contributed by atoms with E-state index >= 15 is 0 Å². The van der Waals surface area contributed by atoms with Gasteiger partial charge in [-0.1, -0.05) is 0 Å². The monoisotopic (exact) mass is 415 g/mol. The Morgan fingerprint density at radius 3 is 2.67 bits per heavy atom. The number of hydrogen-bond acceptors (Lipinski definition) is 5. The number of halogens is 2. The molecule has 0 aliphatic carbocycles. The lowest BCUT2D eigenvalue weighted by atomic mass is 10.3. The van der Waals surface area contributed by atoms with Gasteiger partial charge in [0.2, 0.25) is 5.88 Å². The van der Waals surface area contributed by atoms with Crippen LogP contribution in [0.5, 0.6) is 11.6 Å². The number of nitrogens with two attached hydrogens (primary N) is 1. The lowest BCUT2D eigenvalue weighted by Crippen LogP contribution is -2.02. The molecule has 1 heterocycles. The molecule has 0 spiro atoms. The van der Waals surface area contributed by atoms with Crippen molar-refractivity contribution in [1.82, 2.24) is 4.98 Å². The maximum atomic E-state index is 5.81. The van der Waals surface area contributed by atoms with E-state index in [-0.39, 0.29) is 0 Å². The van der Waals surface area contributed by atoms with Crippen LogP contribution in [-0.2, 0) is 0 Å². The van der Waals surface area contributed by atoms with Crippen LogP contribution in [0.15, 0.2) is 33.2 Å². The average Bonchev–Trinajstić information content (AvgIpc) is 2.45. The van der Waals surface area contributed by atoms with E-state index in [1.807, 2.05) is 19.1 Å². The minimum absolute atomic E-state index is 0.419. The highest BCUT2D eigenvalue weighted by Gasteiger charge is 2.09. The Hall–Kier alpha value is -1.47. The van der Waals surface area contributed by atoms with Gasteiger partial charge in [0, 0.05) is 10.5 Å². The molecule has 0 saturated heterocycles. The third-order valence-corrected chi connectivity index (χ3v) is 3.95. The SMILES string of the molecule is CCOc1nc(Nc2cc(OC)c(Br)cc2Br)ccc1N. The van der Waals surface area contributed by atoms with Gasteiger partial charge in [0.1, 0.15) is 11.6 Å². The second kappa shape index (κ2) is 7.00. The molecular formula is C14H15Br2N3O2. The first kappa shape index (κ1) is 15.9. The molecule has 2 rings (SSSR count). The summed E-state index contributed by atoms with van der Waals surface area (Å²) in [5, 5.41) is 3.21. The molecule has 0 amide bonds. The molecule has 0 saturated carbocycles. The van der Waals surface area contributed by atoms with E-state index in [9.17, 15) is 0 Å². The van der Waals surface area contributed by atoms with Crippen molar-refractivity contribution in [2.45, 2.75) is 6.92 Å². The molecule has 0 aliphatic heterocycles. The van der Waals surface area contributed by atoms with E-state index in [0.717, 1.165) is 20.4 Å². The Morgan fingerprint density at radius 2 is 2.00 bits per heavy atom. The van der Waals surface area contributed by atoms with E-state index in [4.69, 9.17) is 15.2 Å². The van der Waals surface area contributed by atoms with E-state index in [1.54, 1.807) is 19.2 Å². The number of hydrogen-bond donors (Lipinski definition) is 2. The Labute approximate surface area is 140 Å². The number of nitrogens with zero attached hydrogens (tertiary/aromatic N) is 1. The molecule has 0 radical (unpaired) electrons. The summed E-state index contributed by atoms with van der Waals surface area (Å²) in [5.41, 5.74) is 7.15. The number of anilines is 3. The maximum absolute atomic E-state index is 5.81. The zero-order valence-corrected chi connectivity index (χ0v) is 14.8. The summed E-state index contributed by atoms with van der Waals surface area (Å²) >= 11 is 6.93. The zero-order chi connectivity index (χ0) is 15.4. The summed E-state index contributed by atoms with van der Waals surface area (Å²) in [4.78, 5) is 4.34. The number of rotatable bonds is 5. The molecule has 112 valence electrons. The zero-order valence-electron chi connectivity index (χ0n) is 11.6. The number of nitrogens with one attached hydrogen (secondary N) is 1. The highest BCUT2D eigenvalue weighted by Crippen LogP contribution is 2.36. The predicted molar refractivity (Wildman–Crippen MR) is 91.5 cm³/mol. The third-order valence-electron chi connectivity index (χ3n) is 2.67. The molecule has 0 unspecified atom stereocenters. The van der Waals surface area contributed by atoms with Crippen molar-refractivity contribution in [3.63, 3.8) is 0 Å². The van der Waals surface area contributed by atoms with Crippen molar-refractivity contribution in [1.29, 1.82) is 0 Å². The number of ether oxygens (including phenoxy) is 2. The van der Waals surface area contributed by atoms with Gasteiger partial charge in [-0.05, 0) is 57.0 Å². The van der Waals surface area contributed by atoms with Gasteiger partial charge in [0.25, 0.3) is 0 Å². The molecule has 0 atom stereocenters. The van der Waals surface area contributed by atoms with Crippen LogP contribution in [0.4, 0.5) is 17.2 Å². The Balaban J connectivity index is 2.31. The van der Waals surface area contributed by atoms with E-state index in [1.165, 1.54) is 0 Å². The lowest BCUT2D eigenvalue weighted by molar-refractivity contribution is 0.329. The van der Waals surface area contributed by atoms with Gasteiger partial charge in [0.05, 0.1) is 29.6 Å². The number of benzene rings is 1. The Bertz CT molecular complexity index is 650. The largest absolute Gasteiger partial charge is 0.495 e.